The fourth-order valence-electron chi connectivity index (χ4n) is 4.74. The molecule has 8 nitrogen and oxygen atoms in total. The second-order valence-electron chi connectivity index (χ2n) is 9.97. The van der Waals surface area contributed by atoms with Crippen LogP contribution in [0.2, 0.25) is 5.02 Å². The number of anilines is 1. The molecule has 0 bridgehead atoms. The second kappa shape index (κ2) is 14.2. The Morgan fingerprint density at radius 1 is 0.884 bits per heavy atom. The van der Waals surface area contributed by atoms with Gasteiger partial charge in [0.15, 0.2) is 0 Å². The first-order valence-electron chi connectivity index (χ1n) is 13.7. The molecular formula is C33H34ClN3O5S. The molecule has 10 heteroatoms. The molecule has 0 radical (unpaired) electrons. The number of rotatable bonds is 12. The van der Waals surface area contributed by atoms with Gasteiger partial charge in [-0.3, -0.25) is 13.9 Å². The molecule has 0 aromatic heterocycles. The maximum absolute atomic E-state index is 14.4. The van der Waals surface area contributed by atoms with Crippen molar-refractivity contribution in [2.45, 2.75) is 30.8 Å². The number of nitrogens with one attached hydrogen (secondary N) is 1. The molecule has 2 amide bonds. The zero-order valence-corrected chi connectivity index (χ0v) is 25.8. The minimum absolute atomic E-state index is 0.0188. The average Bonchev–Trinajstić information content (AvgIpc) is 3.01. The van der Waals surface area contributed by atoms with Crippen molar-refractivity contribution >= 4 is 39.1 Å². The van der Waals surface area contributed by atoms with E-state index in [1.54, 1.807) is 60.7 Å². The first-order valence-corrected chi connectivity index (χ1v) is 15.5. The topological polar surface area (TPSA) is 96.0 Å². The Bertz CT molecular complexity index is 1660. The fraction of sp³-hybridized carbons (Fsp3) is 0.212. The number of amides is 2. The van der Waals surface area contributed by atoms with Crippen LogP contribution >= 0.6 is 11.6 Å². The second-order valence-corrected chi connectivity index (χ2v) is 12.3. The number of aryl methyl sites for hydroxylation is 1. The number of nitrogens with zero attached hydrogens (tertiary/aromatic N) is 2. The molecular weight excluding hydrogens is 586 g/mol. The van der Waals surface area contributed by atoms with E-state index in [1.807, 2.05) is 37.3 Å². The number of benzene rings is 4. The first-order chi connectivity index (χ1) is 20.6. The molecule has 0 fully saturated rings. The standard InChI is InChI=1S/C33H34ClN3O5S/c1-24-16-18-28(19-17-24)43(40,41)37(29-14-7-8-15-31(29)42-3)23-32(38)36(22-26-12-9-13-27(34)20-26)30(33(39)35-2)21-25-10-5-4-6-11-25/h4-20,30H,21-23H2,1-3H3,(H,35,39). The summed E-state index contributed by atoms with van der Waals surface area (Å²) in [5, 5.41) is 3.15. The normalized spacial score (nSPS) is 11.8. The van der Waals surface area contributed by atoms with Gasteiger partial charge < -0.3 is 15.0 Å². The van der Waals surface area contributed by atoms with Crippen molar-refractivity contribution in [2.75, 3.05) is 25.0 Å². The highest BCUT2D eigenvalue weighted by molar-refractivity contribution is 7.92. The lowest BCUT2D eigenvalue weighted by atomic mass is 10.0. The van der Waals surface area contributed by atoms with Gasteiger partial charge in [-0.05, 0) is 54.4 Å². The minimum Gasteiger partial charge on any atom is -0.495 e. The fourth-order valence-corrected chi connectivity index (χ4v) is 6.38. The van der Waals surface area contributed by atoms with Crippen LogP contribution in [0.5, 0.6) is 5.75 Å². The highest BCUT2D eigenvalue weighted by atomic mass is 35.5. The summed E-state index contributed by atoms with van der Waals surface area (Å²) in [5.74, 6) is -0.685. The monoisotopic (exact) mass is 619 g/mol. The van der Waals surface area contributed by atoms with Crippen LogP contribution in [-0.2, 0) is 32.6 Å². The van der Waals surface area contributed by atoms with Gasteiger partial charge in [-0.1, -0.05) is 83.9 Å². The molecule has 0 aliphatic carbocycles. The van der Waals surface area contributed by atoms with Gasteiger partial charge in [0.05, 0.1) is 17.7 Å². The van der Waals surface area contributed by atoms with Crippen molar-refractivity contribution in [1.82, 2.24) is 10.2 Å². The number of carbonyl (C=O) groups is 2. The quantitative estimate of drug-likeness (QED) is 0.234. The van der Waals surface area contributed by atoms with Gasteiger partial charge in [0.1, 0.15) is 18.3 Å². The molecule has 1 atom stereocenters. The van der Waals surface area contributed by atoms with E-state index in [2.05, 4.69) is 5.32 Å². The largest absolute Gasteiger partial charge is 0.495 e. The summed E-state index contributed by atoms with van der Waals surface area (Å²) in [4.78, 5) is 29.1. The molecule has 0 heterocycles. The van der Waals surface area contributed by atoms with Crippen molar-refractivity contribution in [1.29, 1.82) is 0 Å². The number of hydrogen-bond donors (Lipinski definition) is 1. The summed E-state index contributed by atoms with van der Waals surface area (Å²) in [6.07, 6.45) is 0.214. The number of carbonyl (C=O) groups excluding carboxylic acids is 2. The predicted octanol–water partition coefficient (Wildman–Crippen LogP) is 5.24. The van der Waals surface area contributed by atoms with E-state index < -0.39 is 28.5 Å². The van der Waals surface area contributed by atoms with Crippen molar-refractivity contribution in [3.8, 4) is 5.75 Å². The third kappa shape index (κ3) is 7.74. The number of para-hydroxylation sites is 2. The van der Waals surface area contributed by atoms with Crippen LogP contribution in [0.15, 0.2) is 108 Å². The van der Waals surface area contributed by atoms with E-state index in [-0.39, 0.29) is 35.2 Å². The average molecular weight is 620 g/mol. The van der Waals surface area contributed by atoms with Crippen molar-refractivity contribution in [3.63, 3.8) is 0 Å². The molecule has 4 rings (SSSR count). The van der Waals surface area contributed by atoms with Gasteiger partial charge in [0, 0.05) is 25.0 Å². The van der Waals surface area contributed by atoms with Crippen LogP contribution in [0.4, 0.5) is 5.69 Å². The molecule has 0 aliphatic heterocycles. The molecule has 4 aromatic carbocycles. The van der Waals surface area contributed by atoms with Crippen LogP contribution in [0, 0.1) is 6.92 Å². The molecule has 224 valence electrons. The van der Waals surface area contributed by atoms with Crippen LogP contribution in [-0.4, -0.2) is 51.9 Å². The van der Waals surface area contributed by atoms with Crippen LogP contribution in [0.25, 0.3) is 0 Å². The van der Waals surface area contributed by atoms with E-state index >= 15 is 0 Å². The highest BCUT2D eigenvalue weighted by Gasteiger charge is 2.35. The van der Waals surface area contributed by atoms with Gasteiger partial charge in [0.25, 0.3) is 10.0 Å². The zero-order valence-electron chi connectivity index (χ0n) is 24.2. The maximum atomic E-state index is 14.4. The molecule has 0 spiro atoms. The number of halogens is 1. The summed E-state index contributed by atoms with van der Waals surface area (Å²) >= 11 is 6.26. The smallest absolute Gasteiger partial charge is 0.264 e. The molecule has 1 unspecified atom stereocenters. The Hall–Kier alpha value is -4.34. The van der Waals surface area contributed by atoms with Crippen LogP contribution in [0.3, 0.4) is 0 Å². The van der Waals surface area contributed by atoms with Gasteiger partial charge >= 0.3 is 0 Å². The summed E-state index contributed by atoms with van der Waals surface area (Å²) in [5.41, 5.74) is 2.61. The van der Waals surface area contributed by atoms with Crippen LogP contribution < -0.4 is 14.4 Å². The molecule has 0 saturated heterocycles. The van der Waals surface area contributed by atoms with E-state index in [1.165, 1.54) is 31.2 Å². The zero-order chi connectivity index (χ0) is 31.0. The molecule has 0 aliphatic rings. The Morgan fingerprint density at radius 2 is 1.53 bits per heavy atom. The number of likely N-dealkylation sites (N-methyl/N-ethyl adjacent to an activating group) is 1. The summed E-state index contributed by atoms with van der Waals surface area (Å²) in [6, 6.07) is 28.4. The number of ether oxygens (including phenoxy) is 1. The molecule has 1 N–H and O–H groups in total. The van der Waals surface area contributed by atoms with E-state index in [0.717, 1.165) is 15.4 Å². The van der Waals surface area contributed by atoms with E-state index in [9.17, 15) is 18.0 Å². The minimum atomic E-state index is -4.24. The Labute approximate surface area is 257 Å². The molecule has 4 aromatic rings. The Balaban J connectivity index is 1.81. The summed E-state index contributed by atoms with van der Waals surface area (Å²) < 4.78 is 34.8. The molecule has 0 saturated carbocycles. The van der Waals surface area contributed by atoms with Crippen LogP contribution in [0.1, 0.15) is 16.7 Å². The third-order valence-corrected chi connectivity index (χ3v) is 9.01. The number of sulfonamides is 1. The summed E-state index contributed by atoms with van der Waals surface area (Å²) in [7, 11) is -1.30. The van der Waals surface area contributed by atoms with Crippen molar-refractivity contribution in [2.24, 2.45) is 0 Å². The molecule has 43 heavy (non-hydrogen) atoms. The van der Waals surface area contributed by atoms with Gasteiger partial charge in [0.2, 0.25) is 11.8 Å². The van der Waals surface area contributed by atoms with Gasteiger partial charge in [-0.2, -0.15) is 0 Å². The van der Waals surface area contributed by atoms with Gasteiger partial charge in [-0.15, -0.1) is 0 Å². The summed E-state index contributed by atoms with van der Waals surface area (Å²) in [6.45, 7) is 1.30. The lowest BCUT2D eigenvalue weighted by Gasteiger charge is -2.34. The first kappa shape index (κ1) is 31.6. The lowest BCUT2D eigenvalue weighted by Crippen LogP contribution is -2.53. The van der Waals surface area contributed by atoms with Gasteiger partial charge in [-0.25, -0.2) is 8.42 Å². The third-order valence-electron chi connectivity index (χ3n) is 7.00. The SMILES string of the molecule is CNC(=O)C(Cc1ccccc1)N(Cc1cccc(Cl)c1)C(=O)CN(c1ccccc1OC)S(=O)(=O)c1ccc(C)cc1. The predicted molar refractivity (Wildman–Crippen MR) is 169 cm³/mol. The number of methoxy groups -OCH3 is 1. The lowest BCUT2D eigenvalue weighted by molar-refractivity contribution is -0.139. The highest BCUT2D eigenvalue weighted by Crippen LogP contribution is 2.33. The Morgan fingerprint density at radius 3 is 2.19 bits per heavy atom. The van der Waals surface area contributed by atoms with E-state index in [0.29, 0.717) is 10.6 Å². The Kier molecular flexibility index (Phi) is 10.4. The van der Waals surface area contributed by atoms with Crippen molar-refractivity contribution < 1.29 is 22.7 Å². The van der Waals surface area contributed by atoms with E-state index in [4.69, 9.17) is 16.3 Å². The number of hydrogen-bond acceptors (Lipinski definition) is 5. The van der Waals surface area contributed by atoms with Crippen molar-refractivity contribution in [3.05, 3.63) is 125 Å². The maximum Gasteiger partial charge on any atom is 0.264 e.